The van der Waals surface area contributed by atoms with E-state index in [2.05, 4.69) is 15.0 Å². The van der Waals surface area contributed by atoms with Crippen molar-refractivity contribution in [3.63, 3.8) is 0 Å². The zero-order valence-electron chi connectivity index (χ0n) is 15.9. The van der Waals surface area contributed by atoms with Crippen LogP contribution in [0.5, 0.6) is 0 Å². The number of alkyl halides is 3. The molecule has 0 radical (unpaired) electrons. The summed E-state index contributed by atoms with van der Waals surface area (Å²) in [5, 5.41) is 9.35. The molecule has 4 heterocycles. The molecule has 2 aromatic heterocycles. The third-order valence-electron chi connectivity index (χ3n) is 5.50. The van der Waals surface area contributed by atoms with Gasteiger partial charge in [-0.15, -0.1) is 0 Å². The topological polar surface area (TPSA) is 91.4 Å². The molecule has 0 unspecified atom stereocenters. The second kappa shape index (κ2) is 7.66. The fourth-order valence-electron chi connectivity index (χ4n) is 3.62. The van der Waals surface area contributed by atoms with E-state index in [0.29, 0.717) is 24.9 Å². The van der Waals surface area contributed by atoms with Gasteiger partial charge in [0, 0.05) is 44.4 Å². The number of hydrogen-bond acceptors (Lipinski definition) is 7. The lowest BCUT2D eigenvalue weighted by atomic mass is 9.98. The Morgan fingerprint density at radius 3 is 2.34 bits per heavy atom. The minimum Gasteiger partial charge on any atom is -0.396 e. The molecule has 3 N–H and O–H groups in total. The van der Waals surface area contributed by atoms with Gasteiger partial charge in [-0.05, 0) is 37.3 Å². The fraction of sp³-hybridized carbons (Fsp3) is 0.526. The molecule has 0 aliphatic carbocycles. The minimum atomic E-state index is -4.65. The normalized spacial score (nSPS) is 18.1. The molecule has 4 rings (SSSR count). The summed E-state index contributed by atoms with van der Waals surface area (Å²) in [5.74, 6) is 1.07. The lowest BCUT2D eigenvalue weighted by molar-refractivity contribution is -0.140. The van der Waals surface area contributed by atoms with E-state index in [0.717, 1.165) is 32.4 Å². The van der Waals surface area contributed by atoms with Crippen LogP contribution in [0.25, 0.3) is 11.3 Å². The predicted molar refractivity (Wildman–Crippen MR) is 104 cm³/mol. The van der Waals surface area contributed by atoms with Gasteiger partial charge in [0.1, 0.15) is 11.6 Å². The number of pyridine rings is 1. The molecule has 29 heavy (non-hydrogen) atoms. The first-order chi connectivity index (χ1) is 13.8. The quantitative estimate of drug-likeness (QED) is 0.803. The van der Waals surface area contributed by atoms with Crippen molar-refractivity contribution in [3.05, 3.63) is 23.9 Å². The number of anilines is 3. The molecule has 2 aliphatic rings. The summed E-state index contributed by atoms with van der Waals surface area (Å²) in [7, 11) is 0. The Morgan fingerprint density at radius 2 is 1.76 bits per heavy atom. The van der Waals surface area contributed by atoms with Crippen molar-refractivity contribution >= 4 is 17.6 Å². The number of nitrogens with two attached hydrogens (primary N) is 1. The fourth-order valence-corrected chi connectivity index (χ4v) is 3.62. The molecule has 10 heteroatoms. The van der Waals surface area contributed by atoms with E-state index >= 15 is 0 Å². The Hall–Kier alpha value is -2.62. The van der Waals surface area contributed by atoms with Gasteiger partial charge in [0.05, 0.1) is 5.69 Å². The van der Waals surface area contributed by atoms with Gasteiger partial charge in [0.2, 0.25) is 5.95 Å². The Bertz CT molecular complexity index is 879. The van der Waals surface area contributed by atoms with E-state index < -0.39 is 11.9 Å². The van der Waals surface area contributed by atoms with Crippen molar-refractivity contribution < 1.29 is 18.3 Å². The van der Waals surface area contributed by atoms with Crippen molar-refractivity contribution in [2.75, 3.05) is 48.3 Å². The van der Waals surface area contributed by atoms with Gasteiger partial charge < -0.3 is 20.6 Å². The molecule has 0 saturated carbocycles. The number of aliphatic hydroxyl groups is 1. The van der Waals surface area contributed by atoms with Crippen LogP contribution in [0.3, 0.4) is 0 Å². The number of nitrogen functional groups attached to an aromatic ring is 1. The highest BCUT2D eigenvalue weighted by atomic mass is 19.4. The van der Waals surface area contributed by atoms with Crippen LogP contribution in [0.15, 0.2) is 18.2 Å². The predicted octanol–water partition coefficient (Wildman–Crippen LogP) is 2.56. The molecule has 0 spiro atoms. The largest absolute Gasteiger partial charge is 0.434 e. The first-order valence-electron chi connectivity index (χ1n) is 9.69. The van der Waals surface area contributed by atoms with Gasteiger partial charge in [-0.2, -0.15) is 18.2 Å². The summed E-state index contributed by atoms with van der Waals surface area (Å²) in [6, 6.07) is 4.25. The number of piperidine rings is 1. The number of halogens is 3. The molecule has 2 aromatic rings. The standard InChI is InChI=1S/C19H23F3N6O/c20-19(21,22)17-13(2-3-15(23)25-17)14-10-16(27-6-1-7-27)26-18(24-14)28-8-4-12(11-29)5-9-28/h2-3,10,12,29H,1,4-9,11H2,(H2,23,25). The minimum absolute atomic E-state index is 0.109. The smallest absolute Gasteiger partial charge is 0.396 e. The molecule has 0 atom stereocenters. The summed E-state index contributed by atoms with van der Waals surface area (Å²) < 4.78 is 40.7. The summed E-state index contributed by atoms with van der Waals surface area (Å²) >= 11 is 0. The second-order valence-corrected chi connectivity index (χ2v) is 7.50. The maximum atomic E-state index is 13.6. The Morgan fingerprint density at radius 1 is 1.03 bits per heavy atom. The molecule has 156 valence electrons. The highest BCUT2D eigenvalue weighted by Crippen LogP contribution is 2.37. The van der Waals surface area contributed by atoms with Crippen molar-refractivity contribution in [2.45, 2.75) is 25.4 Å². The van der Waals surface area contributed by atoms with Crippen molar-refractivity contribution in [1.82, 2.24) is 15.0 Å². The second-order valence-electron chi connectivity index (χ2n) is 7.50. The van der Waals surface area contributed by atoms with E-state index in [9.17, 15) is 18.3 Å². The Balaban J connectivity index is 1.76. The molecular weight excluding hydrogens is 385 g/mol. The molecule has 7 nitrogen and oxygen atoms in total. The number of nitrogens with zero attached hydrogens (tertiary/aromatic N) is 5. The summed E-state index contributed by atoms with van der Waals surface area (Å²) in [6.45, 7) is 3.07. The molecule has 2 aliphatic heterocycles. The van der Waals surface area contributed by atoms with Crippen LogP contribution >= 0.6 is 0 Å². The van der Waals surface area contributed by atoms with Crippen LogP contribution < -0.4 is 15.5 Å². The van der Waals surface area contributed by atoms with E-state index in [4.69, 9.17) is 5.73 Å². The lowest BCUT2D eigenvalue weighted by Gasteiger charge is -2.35. The third-order valence-corrected chi connectivity index (χ3v) is 5.50. The first kappa shape index (κ1) is 19.7. The average Bonchev–Trinajstić information content (AvgIpc) is 2.66. The van der Waals surface area contributed by atoms with Crippen molar-refractivity contribution in [1.29, 1.82) is 0 Å². The maximum Gasteiger partial charge on any atom is 0.434 e. The molecular formula is C19H23F3N6O. The van der Waals surface area contributed by atoms with E-state index in [1.807, 2.05) is 9.80 Å². The van der Waals surface area contributed by atoms with Gasteiger partial charge in [0.25, 0.3) is 0 Å². The van der Waals surface area contributed by atoms with Gasteiger partial charge in [-0.3, -0.25) is 0 Å². The molecule has 0 bridgehead atoms. The zero-order chi connectivity index (χ0) is 20.6. The monoisotopic (exact) mass is 408 g/mol. The number of aromatic nitrogens is 3. The Kier molecular flexibility index (Phi) is 5.20. The number of rotatable bonds is 4. The SMILES string of the molecule is Nc1ccc(-c2cc(N3CCC3)nc(N3CCC(CO)CC3)n2)c(C(F)(F)F)n1. The van der Waals surface area contributed by atoms with Crippen LogP contribution in [0.4, 0.5) is 30.8 Å². The molecule has 0 aromatic carbocycles. The van der Waals surface area contributed by atoms with Crippen LogP contribution in [-0.4, -0.2) is 52.8 Å². The Labute approximate surface area is 166 Å². The summed E-state index contributed by atoms with van der Waals surface area (Å²) in [4.78, 5) is 16.6. The maximum absolute atomic E-state index is 13.6. The summed E-state index contributed by atoms with van der Waals surface area (Å²) in [6.07, 6.45) is -2.04. The number of aliphatic hydroxyl groups excluding tert-OH is 1. The first-order valence-corrected chi connectivity index (χ1v) is 9.69. The van der Waals surface area contributed by atoms with Gasteiger partial charge >= 0.3 is 6.18 Å². The highest BCUT2D eigenvalue weighted by Gasteiger charge is 2.37. The van der Waals surface area contributed by atoms with Crippen LogP contribution in [0.2, 0.25) is 0 Å². The zero-order valence-corrected chi connectivity index (χ0v) is 15.9. The summed E-state index contributed by atoms with van der Waals surface area (Å²) in [5.41, 5.74) is 4.53. The van der Waals surface area contributed by atoms with Gasteiger partial charge in [0.15, 0.2) is 5.69 Å². The van der Waals surface area contributed by atoms with Crippen LogP contribution in [0, 0.1) is 5.92 Å². The third kappa shape index (κ3) is 4.07. The average molecular weight is 408 g/mol. The van der Waals surface area contributed by atoms with Crippen molar-refractivity contribution in [2.24, 2.45) is 5.92 Å². The molecule has 0 amide bonds. The van der Waals surface area contributed by atoms with Crippen molar-refractivity contribution in [3.8, 4) is 11.3 Å². The molecule has 2 saturated heterocycles. The molecule has 2 fully saturated rings. The van der Waals surface area contributed by atoms with Crippen LogP contribution in [0.1, 0.15) is 25.0 Å². The lowest BCUT2D eigenvalue weighted by Crippen LogP contribution is -2.39. The van der Waals surface area contributed by atoms with Gasteiger partial charge in [-0.25, -0.2) is 9.97 Å². The van der Waals surface area contributed by atoms with E-state index in [1.165, 1.54) is 12.1 Å². The number of hydrogen-bond donors (Lipinski definition) is 2. The van der Waals surface area contributed by atoms with Crippen LogP contribution in [-0.2, 0) is 6.18 Å². The van der Waals surface area contributed by atoms with Gasteiger partial charge in [-0.1, -0.05) is 0 Å². The van der Waals surface area contributed by atoms with E-state index in [1.54, 1.807) is 6.07 Å². The van der Waals surface area contributed by atoms with E-state index in [-0.39, 0.29) is 29.6 Å². The highest BCUT2D eigenvalue weighted by molar-refractivity contribution is 5.69.